The fraction of sp³-hybridized carbons (Fsp3) is 0.385. The number of hydrogen-bond donors (Lipinski definition) is 1. The molecule has 10 heteroatoms. The number of halogens is 1. The first-order valence-electron chi connectivity index (χ1n) is 11.8. The van der Waals surface area contributed by atoms with Crippen LogP contribution in [0.25, 0.3) is 6.08 Å². The molecule has 2 saturated heterocycles. The Balaban J connectivity index is 1.38. The minimum Gasteiger partial charge on any atom is -0.497 e. The van der Waals surface area contributed by atoms with Crippen molar-refractivity contribution in [2.24, 2.45) is 5.41 Å². The average molecular weight is 532 g/mol. The summed E-state index contributed by atoms with van der Waals surface area (Å²) < 4.78 is 33.0. The second-order valence-electron chi connectivity index (χ2n) is 9.34. The van der Waals surface area contributed by atoms with E-state index in [-0.39, 0.29) is 22.1 Å². The van der Waals surface area contributed by atoms with Crippen LogP contribution in [0.3, 0.4) is 0 Å². The molecule has 36 heavy (non-hydrogen) atoms. The number of piperidine rings is 1. The third-order valence-electron chi connectivity index (χ3n) is 6.94. The van der Waals surface area contributed by atoms with Gasteiger partial charge in [-0.05, 0) is 60.6 Å². The molecule has 2 aliphatic rings. The minimum absolute atomic E-state index is 0.0779. The van der Waals surface area contributed by atoms with Crippen LogP contribution in [-0.2, 0) is 19.6 Å². The number of nitrogens with one attached hydrogen (secondary N) is 1. The molecule has 0 saturated carbocycles. The molecule has 0 aliphatic carbocycles. The zero-order chi connectivity index (χ0) is 25.9. The summed E-state index contributed by atoms with van der Waals surface area (Å²) in [5.41, 5.74) is 1.15. The van der Waals surface area contributed by atoms with Crippen molar-refractivity contribution in [3.8, 4) is 5.75 Å². The maximum atomic E-state index is 13.1. The third-order valence-corrected chi connectivity index (χ3v) is 9.07. The Morgan fingerprint density at radius 3 is 2.50 bits per heavy atom. The smallest absolute Gasteiger partial charge is 0.246 e. The largest absolute Gasteiger partial charge is 0.497 e. The van der Waals surface area contributed by atoms with Crippen LogP contribution in [-0.4, -0.2) is 62.7 Å². The van der Waals surface area contributed by atoms with Crippen LogP contribution in [0.2, 0.25) is 5.02 Å². The molecule has 2 heterocycles. The zero-order valence-corrected chi connectivity index (χ0v) is 21.9. The van der Waals surface area contributed by atoms with Gasteiger partial charge in [-0.2, -0.15) is 4.31 Å². The number of amides is 2. The van der Waals surface area contributed by atoms with Crippen molar-refractivity contribution in [3.63, 3.8) is 0 Å². The monoisotopic (exact) mass is 531 g/mol. The lowest BCUT2D eigenvalue weighted by Crippen LogP contribution is -2.44. The van der Waals surface area contributed by atoms with Crippen molar-refractivity contribution in [1.82, 2.24) is 9.21 Å². The van der Waals surface area contributed by atoms with Gasteiger partial charge in [0.05, 0.1) is 12.0 Å². The highest BCUT2D eigenvalue weighted by molar-refractivity contribution is 7.89. The molecule has 2 aromatic rings. The molecule has 0 bridgehead atoms. The van der Waals surface area contributed by atoms with Gasteiger partial charge in [0, 0.05) is 56.0 Å². The van der Waals surface area contributed by atoms with Crippen LogP contribution in [0.15, 0.2) is 53.4 Å². The van der Waals surface area contributed by atoms with E-state index in [2.05, 4.69) is 5.32 Å². The minimum atomic E-state index is -3.60. The number of carbonyl (C=O) groups is 2. The highest BCUT2D eigenvalue weighted by atomic mass is 35.5. The maximum absolute atomic E-state index is 13.1. The molecule has 8 nitrogen and oxygen atoms in total. The summed E-state index contributed by atoms with van der Waals surface area (Å²) in [7, 11) is -2.09. The quantitative estimate of drug-likeness (QED) is 0.568. The fourth-order valence-electron chi connectivity index (χ4n) is 4.88. The Morgan fingerprint density at radius 1 is 1.08 bits per heavy atom. The molecule has 0 unspecified atom stereocenters. The first kappa shape index (κ1) is 26.2. The lowest BCUT2D eigenvalue weighted by molar-refractivity contribution is -0.125. The van der Waals surface area contributed by atoms with E-state index in [0.717, 1.165) is 6.42 Å². The van der Waals surface area contributed by atoms with Crippen LogP contribution in [0, 0.1) is 5.41 Å². The highest BCUT2D eigenvalue weighted by Gasteiger charge is 2.43. The molecule has 2 fully saturated rings. The SMILES string of the molecule is COc1cccc(S(=O)(=O)N2CCC3(CCN(C(=O)/C=C/c4ccc(Cl)cc4NC(C)=O)C3)CC2)c1. The Kier molecular flexibility index (Phi) is 7.73. The van der Waals surface area contributed by atoms with Crippen molar-refractivity contribution in [2.75, 3.05) is 38.6 Å². The van der Waals surface area contributed by atoms with Gasteiger partial charge < -0.3 is 15.0 Å². The van der Waals surface area contributed by atoms with Gasteiger partial charge in [-0.25, -0.2) is 8.42 Å². The molecule has 1 N–H and O–H groups in total. The number of methoxy groups -OCH3 is 1. The maximum Gasteiger partial charge on any atom is 0.246 e. The molecule has 0 aromatic heterocycles. The number of likely N-dealkylation sites (tertiary alicyclic amines) is 1. The third kappa shape index (κ3) is 5.74. The number of ether oxygens (including phenoxy) is 1. The number of benzene rings is 2. The van der Waals surface area contributed by atoms with Crippen molar-refractivity contribution in [2.45, 2.75) is 31.1 Å². The summed E-state index contributed by atoms with van der Waals surface area (Å²) >= 11 is 6.04. The summed E-state index contributed by atoms with van der Waals surface area (Å²) in [5, 5.41) is 3.22. The van der Waals surface area contributed by atoms with Gasteiger partial charge in [-0.1, -0.05) is 23.7 Å². The van der Waals surface area contributed by atoms with Crippen molar-refractivity contribution >= 4 is 45.2 Å². The summed E-state index contributed by atoms with van der Waals surface area (Å²) in [6.45, 7) is 3.48. The van der Waals surface area contributed by atoms with E-state index in [4.69, 9.17) is 16.3 Å². The Labute approximate surface area is 216 Å². The first-order valence-corrected chi connectivity index (χ1v) is 13.6. The fourth-order valence-corrected chi connectivity index (χ4v) is 6.53. The Morgan fingerprint density at radius 2 is 1.81 bits per heavy atom. The second-order valence-corrected chi connectivity index (χ2v) is 11.7. The van der Waals surface area contributed by atoms with Crippen molar-refractivity contribution < 1.29 is 22.7 Å². The van der Waals surface area contributed by atoms with E-state index in [1.165, 1.54) is 24.4 Å². The molecule has 192 valence electrons. The molecular weight excluding hydrogens is 502 g/mol. The molecule has 0 atom stereocenters. The lowest BCUT2D eigenvalue weighted by Gasteiger charge is -2.38. The number of nitrogens with zero attached hydrogens (tertiary/aromatic N) is 2. The second kappa shape index (κ2) is 10.6. The van der Waals surface area contributed by atoms with Crippen molar-refractivity contribution in [3.05, 3.63) is 59.1 Å². The Hall–Kier alpha value is -2.88. The zero-order valence-electron chi connectivity index (χ0n) is 20.4. The van der Waals surface area contributed by atoms with E-state index in [9.17, 15) is 18.0 Å². The number of hydrogen-bond acceptors (Lipinski definition) is 5. The topological polar surface area (TPSA) is 96.0 Å². The molecular formula is C26H30ClN3O5S. The number of carbonyl (C=O) groups excluding carboxylic acids is 2. The number of rotatable bonds is 6. The summed E-state index contributed by atoms with van der Waals surface area (Å²) in [6, 6.07) is 11.6. The first-order chi connectivity index (χ1) is 17.1. The van der Waals surface area contributed by atoms with Crippen LogP contribution in [0.5, 0.6) is 5.75 Å². The van der Waals surface area contributed by atoms with Gasteiger partial charge in [0.15, 0.2) is 0 Å². The van der Waals surface area contributed by atoms with Gasteiger partial charge in [0.25, 0.3) is 0 Å². The standard InChI is InChI=1S/C26H30ClN3O5S/c1-19(31)28-24-16-21(27)8-6-20(24)7-9-25(32)29-13-10-26(18-29)11-14-30(15-12-26)36(33,34)23-5-3-4-22(17-23)35-2/h3-9,16-17H,10-15,18H2,1-2H3,(H,28,31)/b9-7+. The van der Waals surface area contributed by atoms with Crippen molar-refractivity contribution in [1.29, 1.82) is 0 Å². The molecule has 4 rings (SSSR count). The molecule has 1 spiro atoms. The van der Waals surface area contributed by atoms with Gasteiger partial charge >= 0.3 is 0 Å². The molecule has 0 radical (unpaired) electrons. The summed E-state index contributed by atoms with van der Waals surface area (Å²) in [4.78, 5) is 26.5. The number of anilines is 1. The van der Waals surface area contributed by atoms with Crippen LogP contribution in [0.4, 0.5) is 5.69 Å². The van der Waals surface area contributed by atoms with E-state index in [1.54, 1.807) is 48.5 Å². The Bertz CT molecular complexity index is 1290. The van der Waals surface area contributed by atoms with Crippen LogP contribution < -0.4 is 10.1 Å². The highest BCUT2D eigenvalue weighted by Crippen LogP contribution is 2.41. The average Bonchev–Trinajstić information content (AvgIpc) is 3.26. The molecule has 2 amide bonds. The van der Waals surface area contributed by atoms with E-state index in [1.807, 2.05) is 4.90 Å². The van der Waals surface area contributed by atoms with Gasteiger partial charge in [0.1, 0.15) is 5.75 Å². The van der Waals surface area contributed by atoms with Gasteiger partial charge in [-0.15, -0.1) is 0 Å². The van der Waals surface area contributed by atoms with E-state index < -0.39 is 10.0 Å². The van der Waals surface area contributed by atoms with Gasteiger partial charge in [0.2, 0.25) is 21.8 Å². The predicted octanol–water partition coefficient (Wildman–Crippen LogP) is 4.02. The summed E-state index contributed by atoms with van der Waals surface area (Å²) in [5.74, 6) is 0.173. The summed E-state index contributed by atoms with van der Waals surface area (Å²) in [6.07, 6.45) is 5.44. The van der Waals surface area contributed by atoms with E-state index in [0.29, 0.717) is 61.0 Å². The number of sulfonamides is 1. The van der Waals surface area contributed by atoms with Crippen LogP contribution in [0.1, 0.15) is 31.7 Å². The molecule has 2 aromatic carbocycles. The molecule has 2 aliphatic heterocycles. The predicted molar refractivity (Wildman–Crippen MR) is 139 cm³/mol. The van der Waals surface area contributed by atoms with Crippen LogP contribution >= 0.6 is 11.6 Å². The lowest BCUT2D eigenvalue weighted by atomic mass is 9.78. The normalized spacial score (nSPS) is 18.0. The van der Waals surface area contributed by atoms with Gasteiger partial charge in [-0.3, -0.25) is 9.59 Å². The van der Waals surface area contributed by atoms with E-state index >= 15 is 0 Å².